The van der Waals surface area contributed by atoms with Gasteiger partial charge in [0.05, 0.1) is 5.69 Å². The van der Waals surface area contributed by atoms with Crippen molar-refractivity contribution in [3.63, 3.8) is 0 Å². The van der Waals surface area contributed by atoms with Gasteiger partial charge in [-0.25, -0.2) is 9.98 Å². The van der Waals surface area contributed by atoms with Crippen LogP contribution in [0.2, 0.25) is 0 Å². The summed E-state index contributed by atoms with van der Waals surface area (Å²) in [6.45, 7) is 6.97. The van der Waals surface area contributed by atoms with Crippen molar-refractivity contribution in [1.29, 1.82) is 0 Å². The van der Waals surface area contributed by atoms with E-state index >= 15 is 0 Å². The maximum absolute atomic E-state index is 11.0. The minimum absolute atomic E-state index is 0.211. The number of aliphatic hydroxyl groups is 1. The third-order valence-corrected chi connectivity index (χ3v) is 6.50. The molecule has 3 aromatic carbocycles. The minimum atomic E-state index is -0.345. The lowest BCUT2D eigenvalue weighted by molar-refractivity contribution is -0.486. The van der Waals surface area contributed by atoms with Crippen molar-refractivity contribution in [2.75, 3.05) is 0 Å². The van der Waals surface area contributed by atoms with Gasteiger partial charge in [0.15, 0.2) is 17.4 Å². The Hall–Kier alpha value is -3.44. The van der Waals surface area contributed by atoms with Crippen molar-refractivity contribution >= 4 is 17.2 Å². The van der Waals surface area contributed by atoms with Gasteiger partial charge in [-0.15, -0.1) is 11.3 Å². The quantitative estimate of drug-likeness (QED) is 0.274. The number of benzene rings is 3. The fourth-order valence-electron chi connectivity index (χ4n) is 3.87. The smallest absolute Gasteiger partial charge is 0.358 e. The largest absolute Gasteiger partial charge is 0.462 e. The number of aliphatic hydroxyl groups excluding tert-OH is 1. The van der Waals surface area contributed by atoms with Gasteiger partial charge in [0.25, 0.3) is 0 Å². The molecule has 4 aromatic rings. The summed E-state index contributed by atoms with van der Waals surface area (Å²) in [4.78, 5) is 9.15. The second kappa shape index (κ2) is 11.1. The lowest BCUT2D eigenvalue weighted by atomic mass is 10.0. The van der Waals surface area contributed by atoms with Crippen molar-refractivity contribution in [2.24, 2.45) is 10.9 Å². The highest BCUT2D eigenvalue weighted by atomic mass is 32.1. The molecule has 0 saturated heterocycles. The summed E-state index contributed by atoms with van der Waals surface area (Å²) in [6, 6.07) is 28.6. The first-order chi connectivity index (χ1) is 16.5. The fraction of sp³-hybridized carbons (Fsp3) is 0.241. The van der Waals surface area contributed by atoms with Crippen molar-refractivity contribution in [3.8, 4) is 16.9 Å². The first-order valence-electron chi connectivity index (χ1n) is 11.7. The molecule has 0 spiro atoms. The van der Waals surface area contributed by atoms with Crippen LogP contribution < -0.4 is 9.79 Å². The van der Waals surface area contributed by atoms with Crippen molar-refractivity contribution in [3.05, 3.63) is 106 Å². The minimum Gasteiger partial charge on any atom is -0.462 e. The molecule has 0 bridgehead atoms. The van der Waals surface area contributed by atoms with E-state index in [1.165, 1.54) is 5.56 Å². The number of hydrogen-bond donors (Lipinski definition) is 2. The third kappa shape index (κ3) is 5.91. The molecule has 0 aliphatic rings. The van der Waals surface area contributed by atoms with Crippen LogP contribution in [-0.2, 0) is 6.54 Å². The zero-order valence-electron chi connectivity index (χ0n) is 20.0. The van der Waals surface area contributed by atoms with E-state index in [1.807, 2.05) is 36.4 Å². The molecule has 34 heavy (non-hydrogen) atoms. The molecule has 2 N–H and O–H groups in total. The van der Waals surface area contributed by atoms with E-state index in [0.717, 1.165) is 33.7 Å². The predicted molar refractivity (Wildman–Crippen MR) is 141 cm³/mol. The molecule has 0 saturated carbocycles. The number of thiazole rings is 1. The first-order valence-corrected chi connectivity index (χ1v) is 12.6. The van der Waals surface area contributed by atoms with Crippen LogP contribution in [0.25, 0.3) is 16.9 Å². The molecule has 4 nitrogen and oxygen atoms in total. The molecular weight excluding hydrogens is 438 g/mol. The highest BCUT2D eigenvalue weighted by molar-refractivity contribution is 7.07. The van der Waals surface area contributed by atoms with Crippen molar-refractivity contribution < 1.29 is 10.1 Å². The van der Waals surface area contributed by atoms with Crippen LogP contribution in [0, 0.1) is 12.8 Å². The van der Waals surface area contributed by atoms with E-state index in [9.17, 15) is 5.11 Å². The molecule has 0 aliphatic carbocycles. The Labute approximate surface area is 205 Å². The lowest BCUT2D eigenvalue weighted by Gasteiger charge is -2.12. The predicted octanol–water partition coefficient (Wildman–Crippen LogP) is 5.07. The van der Waals surface area contributed by atoms with Crippen LogP contribution in [0.3, 0.4) is 0 Å². The lowest BCUT2D eigenvalue weighted by Crippen LogP contribution is -2.73. The zero-order chi connectivity index (χ0) is 23.9. The second-order valence-electron chi connectivity index (χ2n) is 8.94. The maximum atomic E-state index is 11.0. The summed E-state index contributed by atoms with van der Waals surface area (Å²) >= 11 is 1.60. The average Bonchev–Trinajstić information content (AvgIpc) is 3.27. The molecule has 0 radical (unpaired) electrons. The maximum Gasteiger partial charge on any atom is 0.358 e. The van der Waals surface area contributed by atoms with E-state index in [1.54, 1.807) is 11.3 Å². The Bertz CT molecular complexity index is 1290. The normalized spacial score (nSPS) is 13.4. The summed E-state index contributed by atoms with van der Waals surface area (Å²) < 4.78 is 2.19. The van der Waals surface area contributed by atoms with E-state index in [2.05, 4.69) is 84.2 Å². The van der Waals surface area contributed by atoms with Crippen molar-refractivity contribution in [2.45, 2.75) is 39.8 Å². The Balaban J connectivity index is 1.79. The monoisotopic (exact) mass is 470 g/mol. The Kier molecular flexibility index (Phi) is 7.76. The molecule has 0 unspecified atom stereocenters. The first kappa shape index (κ1) is 23.7. The molecule has 0 aliphatic heterocycles. The van der Waals surface area contributed by atoms with Crippen LogP contribution in [-0.4, -0.2) is 21.6 Å². The van der Waals surface area contributed by atoms with Gasteiger partial charge in [0, 0.05) is 16.6 Å². The SMILES string of the molecule is Cc1ccc(-n2c(-c3ccccc3)csc2=N[C@@H](CC(C)C)C(O)=[NH+]Cc2ccccc2)cc1. The molecular formula is C29H32N3OS+. The van der Waals surface area contributed by atoms with Crippen molar-refractivity contribution in [1.82, 2.24) is 4.57 Å². The van der Waals surface area contributed by atoms with Gasteiger partial charge in [-0.3, -0.25) is 4.57 Å². The molecule has 5 heteroatoms. The number of rotatable bonds is 8. The number of hydrogen-bond acceptors (Lipinski definition) is 2. The van der Waals surface area contributed by atoms with Gasteiger partial charge in [-0.2, -0.15) is 0 Å². The fourth-order valence-corrected chi connectivity index (χ4v) is 4.82. The average molecular weight is 471 g/mol. The topological polar surface area (TPSA) is 51.5 Å². The Morgan fingerprint density at radius 3 is 2.24 bits per heavy atom. The summed E-state index contributed by atoms with van der Waals surface area (Å²) in [5, 5.41) is 13.2. The highest BCUT2D eigenvalue weighted by Gasteiger charge is 2.22. The van der Waals surface area contributed by atoms with Gasteiger partial charge in [0.2, 0.25) is 0 Å². The van der Waals surface area contributed by atoms with Gasteiger partial charge in [-0.05, 0) is 37.0 Å². The van der Waals surface area contributed by atoms with Gasteiger partial charge in [-0.1, -0.05) is 92.2 Å². The van der Waals surface area contributed by atoms with E-state index in [4.69, 9.17) is 4.99 Å². The molecule has 0 amide bonds. The molecule has 1 atom stereocenters. The summed E-state index contributed by atoms with van der Waals surface area (Å²) in [5.74, 6) is 0.596. The van der Waals surface area contributed by atoms with Gasteiger partial charge >= 0.3 is 5.90 Å². The van der Waals surface area contributed by atoms with Gasteiger partial charge in [0.1, 0.15) is 0 Å². The van der Waals surface area contributed by atoms with Crippen LogP contribution in [0.4, 0.5) is 0 Å². The van der Waals surface area contributed by atoms with E-state index in [0.29, 0.717) is 12.5 Å². The van der Waals surface area contributed by atoms with E-state index in [-0.39, 0.29) is 11.9 Å². The van der Waals surface area contributed by atoms with Crippen LogP contribution in [0.5, 0.6) is 0 Å². The summed E-state index contributed by atoms with van der Waals surface area (Å²) in [5.41, 5.74) is 5.62. The molecule has 1 heterocycles. The molecule has 174 valence electrons. The van der Waals surface area contributed by atoms with E-state index < -0.39 is 0 Å². The summed E-state index contributed by atoms with van der Waals surface area (Å²) in [7, 11) is 0. The standard InChI is InChI=1S/C29H31N3OS/c1-21(2)18-26(28(33)30-19-23-10-6-4-7-11-23)31-29-32(25-16-14-22(3)15-17-25)27(20-34-29)24-12-8-5-9-13-24/h4-17,20-21,26H,18-19H2,1-3H3,(H,30,33)/p+1/t26-/m0/s1. The molecule has 1 aromatic heterocycles. The highest BCUT2D eigenvalue weighted by Crippen LogP contribution is 2.24. The van der Waals surface area contributed by atoms with Crippen LogP contribution in [0.1, 0.15) is 31.4 Å². The van der Waals surface area contributed by atoms with Crippen LogP contribution in [0.15, 0.2) is 95.3 Å². The molecule has 4 rings (SSSR count). The summed E-state index contributed by atoms with van der Waals surface area (Å²) in [6.07, 6.45) is 0.750. The number of nitrogens with one attached hydrogen (secondary N) is 1. The number of aryl methyl sites for hydroxylation is 1. The Morgan fingerprint density at radius 2 is 1.59 bits per heavy atom. The number of aromatic nitrogens is 1. The van der Waals surface area contributed by atoms with Gasteiger partial charge < -0.3 is 5.11 Å². The number of nitrogens with zero attached hydrogens (tertiary/aromatic N) is 2. The van der Waals surface area contributed by atoms with Crippen LogP contribution >= 0.6 is 11.3 Å². The molecule has 0 fully saturated rings. The zero-order valence-corrected chi connectivity index (χ0v) is 20.8. The Morgan fingerprint density at radius 1 is 0.941 bits per heavy atom. The third-order valence-electron chi connectivity index (χ3n) is 5.66. The second-order valence-corrected chi connectivity index (χ2v) is 9.78.